The maximum absolute atomic E-state index is 13.1. The lowest BCUT2D eigenvalue weighted by molar-refractivity contribution is -0.286. The number of carbonyl (C=O) groups is 2. The SMILES string of the molecule is CC(=O)N/C(=C/c1ccccc1)C(=O)Nc1ccc2c(c1)OC(F)(F)O2. The molecule has 0 radical (unpaired) electrons. The highest BCUT2D eigenvalue weighted by Crippen LogP contribution is 2.42. The topological polar surface area (TPSA) is 76.7 Å². The smallest absolute Gasteiger partial charge is 0.395 e. The van der Waals surface area contributed by atoms with Crippen LogP contribution >= 0.6 is 0 Å². The number of rotatable bonds is 4. The van der Waals surface area contributed by atoms with E-state index in [4.69, 9.17) is 0 Å². The molecule has 0 aromatic heterocycles. The van der Waals surface area contributed by atoms with Crippen LogP contribution in [0.25, 0.3) is 6.08 Å². The lowest BCUT2D eigenvalue weighted by Crippen LogP contribution is -2.28. The molecule has 0 atom stereocenters. The van der Waals surface area contributed by atoms with Crippen molar-refractivity contribution >= 4 is 23.6 Å². The minimum atomic E-state index is -3.74. The lowest BCUT2D eigenvalue weighted by atomic mass is 10.2. The van der Waals surface area contributed by atoms with Gasteiger partial charge >= 0.3 is 6.29 Å². The molecule has 2 amide bonds. The summed E-state index contributed by atoms with van der Waals surface area (Å²) in [6.45, 7) is 1.27. The van der Waals surface area contributed by atoms with E-state index in [0.717, 1.165) is 0 Å². The van der Waals surface area contributed by atoms with Crippen molar-refractivity contribution in [3.8, 4) is 11.5 Å². The lowest BCUT2D eigenvalue weighted by Gasteiger charge is -2.10. The summed E-state index contributed by atoms with van der Waals surface area (Å²) in [5.74, 6) is -1.36. The molecule has 2 aromatic carbocycles. The molecule has 8 heteroatoms. The Balaban J connectivity index is 1.81. The number of carbonyl (C=O) groups excluding carboxylic acids is 2. The van der Waals surface area contributed by atoms with Crippen LogP contribution < -0.4 is 20.1 Å². The second-order valence-corrected chi connectivity index (χ2v) is 5.43. The van der Waals surface area contributed by atoms with Gasteiger partial charge in [-0.1, -0.05) is 30.3 Å². The molecule has 26 heavy (non-hydrogen) atoms. The summed E-state index contributed by atoms with van der Waals surface area (Å²) in [6.07, 6.45) is -2.24. The normalized spacial score (nSPS) is 14.7. The minimum absolute atomic E-state index is 0.00620. The number of nitrogens with one attached hydrogen (secondary N) is 2. The van der Waals surface area contributed by atoms with Gasteiger partial charge in [0.25, 0.3) is 5.91 Å². The second kappa shape index (κ2) is 6.83. The number of halogens is 2. The summed E-state index contributed by atoms with van der Waals surface area (Å²) in [6, 6.07) is 12.8. The fraction of sp³-hybridized carbons (Fsp3) is 0.111. The van der Waals surface area contributed by atoms with Gasteiger partial charge in [-0.15, -0.1) is 8.78 Å². The Bertz CT molecular complexity index is 882. The number of hydrogen-bond donors (Lipinski definition) is 2. The van der Waals surface area contributed by atoms with E-state index in [1.165, 1.54) is 31.2 Å². The third-order valence-electron chi connectivity index (χ3n) is 3.33. The molecule has 0 fully saturated rings. The summed E-state index contributed by atoms with van der Waals surface area (Å²) in [5.41, 5.74) is 0.919. The first kappa shape index (κ1) is 17.4. The van der Waals surface area contributed by atoms with Crippen LogP contribution in [-0.2, 0) is 9.59 Å². The third-order valence-corrected chi connectivity index (χ3v) is 3.33. The van der Waals surface area contributed by atoms with Gasteiger partial charge in [0.05, 0.1) is 0 Å². The maximum atomic E-state index is 13.1. The van der Waals surface area contributed by atoms with Gasteiger partial charge in [0.2, 0.25) is 5.91 Å². The van der Waals surface area contributed by atoms with Crippen LogP contribution in [0.15, 0.2) is 54.2 Å². The van der Waals surface area contributed by atoms with Gasteiger partial charge in [-0.25, -0.2) is 0 Å². The molecule has 0 unspecified atom stereocenters. The van der Waals surface area contributed by atoms with Crippen molar-refractivity contribution in [2.24, 2.45) is 0 Å². The van der Waals surface area contributed by atoms with Crippen LogP contribution in [-0.4, -0.2) is 18.1 Å². The summed E-state index contributed by atoms with van der Waals surface area (Å²) < 4.78 is 34.8. The minimum Gasteiger partial charge on any atom is -0.395 e. The fourth-order valence-corrected chi connectivity index (χ4v) is 2.29. The quantitative estimate of drug-likeness (QED) is 0.822. The zero-order valence-corrected chi connectivity index (χ0v) is 13.6. The molecule has 134 valence electrons. The summed E-state index contributed by atoms with van der Waals surface area (Å²) >= 11 is 0. The molecule has 2 aromatic rings. The van der Waals surface area contributed by atoms with E-state index < -0.39 is 18.1 Å². The predicted octanol–water partition coefficient (Wildman–Crippen LogP) is 3.12. The zero-order valence-electron chi connectivity index (χ0n) is 13.6. The molecule has 6 nitrogen and oxygen atoms in total. The maximum Gasteiger partial charge on any atom is 0.586 e. The molecule has 3 rings (SSSR count). The van der Waals surface area contributed by atoms with Crippen LogP contribution in [0.4, 0.5) is 14.5 Å². The highest BCUT2D eigenvalue weighted by Gasteiger charge is 2.43. The van der Waals surface area contributed by atoms with Crippen molar-refractivity contribution < 1.29 is 27.8 Å². The number of anilines is 1. The molecule has 0 saturated carbocycles. The number of alkyl halides is 2. The highest BCUT2D eigenvalue weighted by atomic mass is 19.3. The Morgan fingerprint density at radius 3 is 2.42 bits per heavy atom. The first-order valence-corrected chi connectivity index (χ1v) is 7.58. The van der Waals surface area contributed by atoms with Gasteiger partial charge in [0.15, 0.2) is 11.5 Å². The highest BCUT2D eigenvalue weighted by molar-refractivity contribution is 6.08. The molecule has 0 saturated heterocycles. The first-order valence-electron chi connectivity index (χ1n) is 7.58. The second-order valence-electron chi connectivity index (χ2n) is 5.43. The van der Waals surface area contributed by atoms with E-state index in [2.05, 4.69) is 20.1 Å². The average Bonchev–Trinajstić information content (AvgIpc) is 2.88. The molecule has 0 bridgehead atoms. The predicted molar refractivity (Wildman–Crippen MR) is 89.5 cm³/mol. The van der Waals surface area contributed by atoms with E-state index in [0.29, 0.717) is 5.56 Å². The van der Waals surface area contributed by atoms with E-state index in [9.17, 15) is 18.4 Å². The number of hydrogen-bond acceptors (Lipinski definition) is 4. The van der Waals surface area contributed by atoms with Crippen molar-refractivity contribution in [1.82, 2.24) is 5.32 Å². The summed E-state index contributed by atoms with van der Waals surface area (Å²) in [7, 11) is 0. The number of benzene rings is 2. The summed E-state index contributed by atoms with van der Waals surface area (Å²) in [5, 5.41) is 4.97. The van der Waals surface area contributed by atoms with E-state index in [1.54, 1.807) is 24.3 Å². The van der Waals surface area contributed by atoms with Gasteiger partial charge in [-0.3, -0.25) is 9.59 Å². The van der Waals surface area contributed by atoms with Crippen LogP contribution in [0, 0.1) is 0 Å². The zero-order chi connectivity index (χ0) is 18.7. The molecular weight excluding hydrogens is 346 g/mol. The Morgan fingerprint density at radius 2 is 1.73 bits per heavy atom. The Kier molecular flexibility index (Phi) is 4.57. The van der Waals surface area contributed by atoms with Gasteiger partial charge in [-0.2, -0.15) is 0 Å². The van der Waals surface area contributed by atoms with Crippen molar-refractivity contribution in [2.45, 2.75) is 13.2 Å². The molecule has 1 heterocycles. The van der Waals surface area contributed by atoms with E-state index >= 15 is 0 Å². The first-order chi connectivity index (χ1) is 12.3. The number of ether oxygens (including phenoxy) is 2. The van der Waals surface area contributed by atoms with Crippen molar-refractivity contribution in [3.63, 3.8) is 0 Å². The molecule has 1 aliphatic rings. The van der Waals surface area contributed by atoms with Crippen LogP contribution in [0.3, 0.4) is 0 Å². The third kappa shape index (κ3) is 4.15. The molecular formula is C18H14F2N2O4. The summed E-state index contributed by atoms with van der Waals surface area (Å²) in [4.78, 5) is 23.8. The standard InChI is InChI=1S/C18H14F2N2O4/c1-11(23)21-14(9-12-5-3-2-4-6-12)17(24)22-13-7-8-15-16(10-13)26-18(19,20)25-15/h2-10H,1H3,(H,21,23)(H,22,24)/b14-9+. The van der Waals surface area contributed by atoms with E-state index in [-0.39, 0.29) is 22.9 Å². The average molecular weight is 360 g/mol. The molecule has 2 N–H and O–H groups in total. The molecule has 0 spiro atoms. The Morgan fingerprint density at radius 1 is 1.04 bits per heavy atom. The van der Waals surface area contributed by atoms with Crippen LogP contribution in [0.5, 0.6) is 11.5 Å². The van der Waals surface area contributed by atoms with Crippen LogP contribution in [0.2, 0.25) is 0 Å². The van der Waals surface area contributed by atoms with Gasteiger partial charge in [-0.05, 0) is 23.8 Å². The van der Waals surface area contributed by atoms with Crippen LogP contribution in [0.1, 0.15) is 12.5 Å². The van der Waals surface area contributed by atoms with Crippen molar-refractivity contribution in [2.75, 3.05) is 5.32 Å². The molecule has 1 aliphatic heterocycles. The van der Waals surface area contributed by atoms with Crippen molar-refractivity contribution in [1.29, 1.82) is 0 Å². The van der Waals surface area contributed by atoms with Gasteiger partial charge in [0.1, 0.15) is 5.70 Å². The Labute approximate surface area is 147 Å². The number of fused-ring (bicyclic) bond motifs is 1. The monoisotopic (exact) mass is 360 g/mol. The molecule has 0 aliphatic carbocycles. The van der Waals surface area contributed by atoms with Gasteiger partial charge in [0, 0.05) is 18.7 Å². The van der Waals surface area contributed by atoms with Gasteiger partial charge < -0.3 is 20.1 Å². The fourth-order valence-electron chi connectivity index (χ4n) is 2.29. The van der Waals surface area contributed by atoms with E-state index in [1.807, 2.05) is 6.07 Å². The largest absolute Gasteiger partial charge is 0.586 e. The number of amides is 2. The van der Waals surface area contributed by atoms with Crippen molar-refractivity contribution in [3.05, 3.63) is 59.8 Å². The Hall–Kier alpha value is -3.42.